The van der Waals surface area contributed by atoms with E-state index in [1.807, 2.05) is 0 Å². The van der Waals surface area contributed by atoms with E-state index < -0.39 is 25.6 Å². The van der Waals surface area contributed by atoms with Gasteiger partial charge in [0.25, 0.3) is 0 Å². The van der Waals surface area contributed by atoms with Crippen molar-refractivity contribution in [1.29, 1.82) is 0 Å². The second-order valence-corrected chi connectivity index (χ2v) is 8.82. The molecule has 0 aliphatic heterocycles. The Labute approximate surface area is 124 Å². The van der Waals surface area contributed by atoms with Gasteiger partial charge in [-0.25, -0.2) is 26.3 Å². The third-order valence-corrected chi connectivity index (χ3v) is 4.80. The highest BCUT2D eigenvalue weighted by Crippen LogP contribution is 2.23. The molecule has 0 heterocycles. The minimum atomic E-state index is -3.86. The minimum absolute atomic E-state index is 0.0635. The SMILES string of the molecule is CC(C)(CNS(=O)(=O)c1ccc(O)c(N)c1)NS(C)(=O)=O. The second-order valence-electron chi connectivity index (χ2n) is 5.30. The molecule has 120 valence electrons. The Morgan fingerprint density at radius 3 is 2.29 bits per heavy atom. The Balaban J connectivity index is 2.89. The van der Waals surface area contributed by atoms with Crippen molar-refractivity contribution in [2.75, 3.05) is 18.5 Å². The summed E-state index contributed by atoms with van der Waals surface area (Å²) in [6.07, 6.45) is 0.990. The van der Waals surface area contributed by atoms with Crippen LogP contribution in [0.15, 0.2) is 23.1 Å². The minimum Gasteiger partial charge on any atom is -0.506 e. The monoisotopic (exact) mass is 337 g/mol. The van der Waals surface area contributed by atoms with Gasteiger partial charge in [0, 0.05) is 12.1 Å². The van der Waals surface area contributed by atoms with Crippen LogP contribution >= 0.6 is 0 Å². The Bertz CT molecular complexity index is 726. The Morgan fingerprint density at radius 1 is 1.24 bits per heavy atom. The van der Waals surface area contributed by atoms with Gasteiger partial charge in [0.1, 0.15) is 5.75 Å². The van der Waals surface area contributed by atoms with Gasteiger partial charge < -0.3 is 10.8 Å². The highest BCUT2D eigenvalue weighted by molar-refractivity contribution is 7.89. The van der Waals surface area contributed by atoms with Crippen LogP contribution in [-0.2, 0) is 20.0 Å². The number of hydrogen-bond donors (Lipinski definition) is 4. The number of phenolic OH excluding ortho intramolecular Hbond substituents is 1. The van der Waals surface area contributed by atoms with E-state index in [-0.39, 0.29) is 22.9 Å². The number of anilines is 1. The van der Waals surface area contributed by atoms with E-state index >= 15 is 0 Å². The lowest BCUT2D eigenvalue weighted by atomic mass is 10.1. The van der Waals surface area contributed by atoms with Gasteiger partial charge in [-0.2, -0.15) is 0 Å². The molecule has 0 spiro atoms. The van der Waals surface area contributed by atoms with Crippen LogP contribution in [0.4, 0.5) is 5.69 Å². The molecule has 0 aliphatic carbocycles. The molecular weight excluding hydrogens is 318 g/mol. The molecule has 0 bridgehead atoms. The van der Waals surface area contributed by atoms with Crippen LogP contribution in [0.5, 0.6) is 5.75 Å². The zero-order valence-electron chi connectivity index (χ0n) is 11.9. The van der Waals surface area contributed by atoms with Gasteiger partial charge in [-0.3, -0.25) is 0 Å². The van der Waals surface area contributed by atoms with Crippen molar-refractivity contribution in [2.24, 2.45) is 0 Å². The summed E-state index contributed by atoms with van der Waals surface area (Å²) < 4.78 is 51.2. The van der Waals surface area contributed by atoms with E-state index in [1.165, 1.54) is 12.1 Å². The van der Waals surface area contributed by atoms with E-state index in [0.717, 1.165) is 12.3 Å². The van der Waals surface area contributed by atoms with Gasteiger partial charge in [0.15, 0.2) is 0 Å². The fraction of sp³-hybridized carbons (Fsp3) is 0.455. The first-order valence-corrected chi connectivity index (χ1v) is 9.27. The standard InChI is InChI=1S/C11H19N3O5S2/c1-11(2,14-20(3,16)17)7-13-21(18,19)8-4-5-10(15)9(12)6-8/h4-6,13-15H,7,12H2,1-3H3. The molecule has 1 aromatic rings. The van der Waals surface area contributed by atoms with E-state index in [2.05, 4.69) is 9.44 Å². The number of phenols is 1. The van der Waals surface area contributed by atoms with Crippen LogP contribution in [0.2, 0.25) is 0 Å². The summed E-state index contributed by atoms with van der Waals surface area (Å²) in [4.78, 5) is -0.118. The smallest absolute Gasteiger partial charge is 0.240 e. The van der Waals surface area contributed by atoms with E-state index in [0.29, 0.717) is 0 Å². The fourth-order valence-corrected chi connectivity index (χ4v) is 3.92. The summed E-state index contributed by atoms with van der Waals surface area (Å²) in [6, 6.07) is 3.49. The van der Waals surface area contributed by atoms with Gasteiger partial charge in [0.2, 0.25) is 20.0 Å². The number of nitrogens with one attached hydrogen (secondary N) is 2. The summed E-state index contributed by atoms with van der Waals surface area (Å²) in [6.45, 7) is 2.94. The number of sulfonamides is 2. The van der Waals surface area contributed by atoms with Gasteiger partial charge in [-0.05, 0) is 32.0 Å². The first-order chi connectivity index (χ1) is 9.32. The molecule has 10 heteroatoms. The topological polar surface area (TPSA) is 139 Å². The first-order valence-electron chi connectivity index (χ1n) is 5.89. The zero-order valence-corrected chi connectivity index (χ0v) is 13.5. The third-order valence-electron chi connectivity index (χ3n) is 2.48. The van der Waals surface area contributed by atoms with Gasteiger partial charge in [0.05, 0.1) is 16.8 Å². The van der Waals surface area contributed by atoms with Gasteiger partial charge >= 0.3 is 0 Å². The summed E-state index contributed by atoms with van der Waals surface area (Å²) in [5.41, 5.74) is 4.39. The predicted molar refractivity (Wildman–Crippen MR) is 79.8 cm³/mol. The summed E-state index contributed by atoms with van der Waals surface area (Å²) in [7, 11) is -7.33. The van der Waals surface area contributed by atoms with Gasteiger partial charge in [-0.15, -0.1) is 0 Å². The lowest BCUT2D eigenvalue weighted by molar-refractivity contribution is 0.446. The van der Waals surface area contributed by atoms with Crippen molar-refractivity contribution in [3.63, 3.8) is 0 Å². The fourth-order valence-electron chi connectivity index (χ4n) is 1.60. The molecule has 5 N–H and O–H groups in total. The van der Waals surface area contributed by atoms with Crippen molar-refractivity contribution >= 4 is 25.7 Å². The van der Waals surface area contributed by atoms with E-state index in [9.17, 15) is 21.9 Å². The third kappa shape index (κ3) is 5.50. The molecule has 0 saturated heterocycles. The predicted octanol–water partition coefficient (Wildman–Crippen LogP) is -0.419. The zero-order chi connectivity index (χ0) is 16.5. The second kappa shape index (κ2) is 5.79. The van der Waals surface area contributed by atoms with Crippen molar-refractivity contribution in [2.45, 2.75) is 24.3 Å². The number of aromatic hydroxyl groups is 1. The number of nitrogens with two attached hydrogens (primary N) is 1. The molecule has 8 nitrogen and oxygen atoms in total. The maximum atomic E-state index is 12.1. The molecular formula is C11H19N3O5S2. The highest BCUT2D eigenvalue weighted by Gasteiger charge is 2.25. The Kier molecular flexibility index (Phi) is 4.88. The first kappa shape index (κ1) is 17.7. The van der Waals surface area contributed by atoms with E-state index in [1.54, 1.807) is 13.8 Å². The molecule has 0 aliphatic rings. The molecule has 21 heavy (non-hydrogen) atoms. The molecule has 0 atom stereocenters. The van der Waals surface area contributed by atoms with Crippen LogP contribution in [0.1, 0.15) is 13.8 Å². The summed E-state index contributed by atoms with van der Waals surface area (Å²) >= 11 is 0. The van der Waals surface area contributed by atoms with Crippen molar-refractivity contribution in [3.05, 3.63) is 18.2 Å². The van der Waals surface area contributed by atoms with Crippen LogP contribution in [0.25, 0.3) is 0 Å². The quantitative estimate of drug-likeness (QED) is 0.411. The average molecular weight is 337 g/mol. The maximum absolute atomic E-state index is 12.1. The molecule has 0 unspecified atom stereocenters. The van der Waals surface area contributed by atoms with Gasteiger partial charge in [-0.1, -0.05) is 0 Å². The summed E-state index contributed by atoms with van der Waals surface area (Å²) in [5, 5.41) is 9.28. The molecule has 0 aromatic heterocycles. The van der Waals surface area contributed by atoms with Crippen LogP contribution < -0.4 is 15.2 Å². The molecule has 1 aromatic carbocycles. The molecule has 0 radical (unpaired) electrons. The van der Waals surface area contributed by atoms with Crippen molar-refractivity contribution in [3.8, 4) is 5.75 Å². The lowest BCUT2D eigenvalue weighted by Crippen LogP contribution is -2.50. The highest BCUT2D eigenvalue weighted by atomic mass is 32.2. The number of hydrogen-bond acceptors (Lipinski definition) is 6. The van der Waals surface area contributed by atoms with Crippen molar-refractivity contribution < 1.29 is 21.9 Å². The molecule has 0 amide bonds. The van der Waals surface area contributed by atoms with Crippen LogP contribution in [-0.4, -0.2) is 40.3 Å². The largest absolute Gasteiger partial charge is 0.506 e. The number of benzene rings is 1. The Hall–Kier alpha value is -1.36. The Morgan fingerprint density at radius 2 is 1.81 bits per heavy atom. The van der Waals surface area contributed by atoms with Crippen LogP contribution in [0.3, 0.4) is 0 Å². The molecule has 1 rings (SSSR count). The lowest BCUT2D eigenvalue weighted by Gasteiger charge is -2.25. The molecule has 0 fully saturated rings. The maximum Gasteiger partial charge on any atom is 0.240 e. The molecule has 0 saturated carbocycles. The summed E-state index contributed by atoms with van der Waals surface area (Å²) in [5.74, 6) is -0.215. The number of rotatable bonds is 6. The van der Waals surface area contributed by atoms with Crippen molar-refractivity contribution in [1.82, 2.24) is 9.44 Å². The normalized spacial score (nSPS) is 13.3. The van der Waals surface area contributed by atoms with E-state index in [4.69, 9.17) is 5.73 Å². The van der Waals surface area contributed by atoms with Crippen LogP contribution in [0, 0.1) is 0 Å². The average Bonchev–Trinajstić information content (AvgIpc) is 2.27. The number of nitrogen functional groups attached to an aromatic ring is 1.